The van der Waals surface area contributed by atoms with Crippen molar-refractivity contribution in [2.24, 2.45) is 0 Å². The van der Waals surface area contributed by atoms with Crippen LogP contribution in [0.1, 0.15) is 142 Å². The number of nitrogens with zero attached hydrogens (tertiary/aromatic N) is 2. The van der Waals surface area contributed by atoms with Crippen LogP contribution in [0.15, 0.2) is 48.5 Å². The van der Waals surface area contributed by atoms with Crippen LogP contribution in [0.4, 0.5) is 21.0 Å². The van der Waals surface area contributed by atoms with Gasteiger partial charge in [-0.1, -0.05) is 129 Å². The molecule has 0 fully saturated rings. The highest BCUT2D eigenvalue weighted by Gasteiger charge is 2.10. The van der Waals surface area contributed by atoms with E-state index in [1.165, 1.54) is 103 Å². The molecule has 0 unspecified atom stereocenters. The van der Waals surface area contributed by atoms with E-state index in [4.69, 9.17) is 0 Å². The molecule has 0 bridgehead atoms. The maximum atomic E-state index is 12.7. The monoisotopic (exact) mass is 679 g/mol. The van der Waals surface area contributed by atoms with Crippen LogP contribution < -0.4 is 21.3 Å². The number of amides is 4. The lowest BCUT2D eigenvalue weighted by atomic mass is 10.0. The molecule has 4 amide bonds. The summed E-state index contributed by atoms with van der Waals surface area (Å²) in [6, 6.07) is 15.7. The van der Waals surface area contributed by atoms with Crippen molar-refractivity contribution in [3.05, 3.63) is 59.7 Å². The normalized spacial score (nSPS) is 11.2. The SMILES string of the molecule is CCCCCCN(CCCCCC)CNC(=O)Nc1ccc(Cc2ccc(NC(=O)NCN(CCCCCC)CCCCCC)cc2)cc1. The summed E-state index contributed by atoms with van der Waals surface area (Å²) in [5.74, 6) is 0. The quantitative estimate of drug-likeness (QED) is 0.0533. The number of carbonyl (C=O) groups is 2. The third kappa shape index (κ3) is 20.9. The van der Waals surface area contributed by atoms with E-state index in [0.717, 1.165) is 55.1 Å². The lowest BCUT2D eigenvalue weighted by Gasteiger charge is -2.23. The Bertz CT molecular complexity index is 996. The number of nitrogens with one attached hydrogen (secondary N) is 4. The first kappa shape index (κ1) is 42.1. The molecule has 2 aromatic rings. The Morgan fingerprint density at radius 1 is 0.449 bits per heavy atom. The minimum absolute atomic E-state index is 0.168. The third-order valence-corrected chi connectivity index (χ3v) is 9.07. The zero-order chi connectivity index (χ0) is 35.4. The molecule has 0 radical (unpaired) electrons. The van der Waals surface area contributed by atoms with Gasteiger partial charge in [0.1, 0.15) is 0 Å². The maximum Gasteiger partial charge on any atom is 0.320 e. The molecule has 0 atom stereocenters. The summed E-state index contributed by atoms with van der Waals surface area (Å²) in [6.07, 6.45) is 20.5. The van der Waals surface area contributed by atoms with E-state index in [-0.39, 0.29) is 12.1 Å². The maximum absolute atomic E-state index is 12.7. The number of unbranched alkanes of at least 4 members (excludes halogenated alkanes) is 12. The van der Waals surface area contributed by atoms with Gasteiger partial charge >= 0.3 is 12.1 Å². The third-order valence-electron chi connectivity index (χ3n) is 9.07. The first-order chi connectivity index (χ1) is 24.0. The fourth-order valence-electron chi connectivity index (χ4n) is 5.95. The van der Waals surface area contributed by atoms with Crippen LogP contribution in [0.3, 0.4) is 0 Å². The number of urea groups is 2. The molecule has 0 heterocycles. The predicted octanol–water partition coefficient (Wildman–Crippen LogP) is 10.4. The molecule has 0 aromatic heterocycles. The van der Waals surface area contributed by atoms with Gasteiger partial charge in [-0.3, -0.25) is 9.80 Å². The van der Waals surface area contributed by atoms with Gasteiger partial charge < -0.3 is 21.3 Å². The fourth-order valence-corrected chi connectivity index (χ4v) is 5.95. The number of hydrogen-bond donors (Lipinski definition) is 4. The minimum Gasteiger partial charge on any atom is -0.325 e. The standard InChI is InChI=1S/C41H70N6O2/c1-5-9-13-17-29-46(30-18-14-10-6-2)34-42-40(48)44-38-25-21-36(22-26-38)33-37-23-27-39(28-24-37)45-41(49)43-35-47(31-19-15-11-7-3)32-20-16-12-8-4/h21-28H,5-20,29-35H2,1-4H3,(H2,42,44,48)(H2,43,45,49). The zero-order valence-electron chi connectivity index (χ0n) is 31.6. The van der Waals surface area contributed by atoms with E-state index < -0.39 is 0 Å². The largest absolute Gasteiger partial charge is 0.325 e. The molecule has 0 saturated heterocycles. The summed E-state index contributed by atoms with van der Waals surface area (Å²) in [6.45, 7) is 14.2. The van der Waals surface area contributed by atoms with E-state index in [1.807, 2.05) is 24.3 Å². The lowest BCUT2D eigenvalue weighted by molar-refractivity contribution is 0.223. The van der Waals surface area contributed by atoms with Crippen molar-refractivity contribution in [2.75, 3.05) is 50.1 Å². The second-order valence-corrected chi connectivity index (χ2v) is 13.6. The first-order valence-electron chi connectivity index (χ1n) is 19.7. The molecule has 2 rings (SSSR count). The van der Waals surface area contributed by atoms with Crippen LogP contribution in [-0.4, -0.2) is 61.4 Å². The molecule has 2 aromatic carbocycles. The van der Waals surface area contributed by atoms with E-state index in [9.17, 15) is 9.59 Å². The smallest absolute Gasteiger partial charge is 0.320 e. The summed E-state index contributed by atoms with van der Waals surface area (Å²) in [4.78, 5) is 30.1. The van der Waals surface area contributed by atoms with Crippen LogP contribution in [0, 0.1) is 0 Å². The number of benzene rings is 2. The highest BCUT2D eigenvalue weighted by Crippen LogP contribution is 2.16. The Morgan fingerprint density at radius 2 is 0.755 bits per heavy atom. The summed E-state index contributed by atoms with van der Waals surface area (Å²) >= 11 is 0. The van der Waals surface area contributed by atoms with Crippen molar-refractivity contribution < 1.29 is 9.59 Å². The van der Waals surface area contributed by atoms with Crippen molar-refractivity contribution in [3.63, 3.8) is 0 Å². The summed E-state index contributed by atoms with van der Waals surface area (Å²) in [7, 11) is 0. The summed E-state index contributed by atoms with van der Waals surface area (Å²) < 4.78 is 0. The molecule has 4 N–H and O–H groups in total. The van der Waals surface area contributed by atoms with Gasteiger partial charge in [0.15, 0.2) is 0 Å². The van der Waals surface area contributed by atoms with Gasteiger partial charge in [0.05, 0.1) is 13.3 Å². The Kier molecular flexibility index (Phi) is 23.8. The zero-order valence-corrected chi connectivity index (χ0v) is 31.6. The second-order valence-electron chi connectivity index (χ2n) is 13.6. The second kappa shape index (κ2) is 27.7. The Hall–Kier alpha value is -3.10. The van der Waals surface area contributed by atoms with E-state index in [0.29, 0.717) is 13.3 Å². The number of rotatable bonds is 28. The van der Waals surface area contributed by atoms with E-state index in [1.54, 1.807) is 0 Å². The van der Waals surface area contributed by atoms with Gasteiger partial charge in [0.25, 0.3) is 0 Å². The topological polar surface area (TPSA) is 88.7 Å². The Labute approximate surface area is 299 Å². The first-order valence-corrected chi connectivity index (χ1v) is 19.7. The Balaban J connectivity index is 1.77. The molecule has 8 nitrogen and oxygen atoms in total. The predicted molar refractivity (Wildman–Crippen MR) is 209 cm³/mol. The van der Waals surface area contributed by atoms with Gasteiger partial charge in [-0.2, -0.15) is 0 Å². The van der Waals surface area contributed by atoms with E-state index >= 15 is 0 Å². The molecule has 0 aliphatic heterocycles. The average molecular weight is 679 g/mol. The number of hydrogen-bond acceptors (Lipinski definition) is 4. The molecule has 276 valence electrons. The highest BCUT2D eigenvalue weighted by molar-refractivity contribution is 5.89. The van der Waals surface area contributed by atoms with Crippen LogP contribution in [-0.2, 0) is 6.42 Å². The molecule has 0 spiro atoms. The van der Waals surface area contributed by atoms with Crippen LogP contribution in [0.5, 0.6) is 0 Å². The van der Waals surface area contributed by atoms with Gasteiger partial charge in [-0.25, -0.2) is 9.59 Å². The summed E-state index contributed by atoms with van der Waals surface area (Å²) in [5, 5.41) is 12.1. The van der Waals surface area contributed by atoms with E-state index in [2.05, 4.69) is 83.0 Å². The molecule has 8 heteroatoms. The molecular formula is C41H70N6O2. The molecular weight excluding hydrogens is 608 g/mol. The van der Waals surface area contributed by atoms with Gasteiger partial charge in [-0.15, -0.1) is 0 Å². The van der Waals surface area contributed by atoms with Crippen molar-refractivity contribution in [2.45, 2.75) is 137 Å². The average Bonchev–Trinajstić information content (AvgIpc) is 3.11. The van der Waals surface area contributed by atoms with Crippen molar-refractivity contribution >= 4 is 23.4 Å². The van der Waals surface area contributed by atoms with Gasteiger partial charge in [0, 0.05) is 11.4 Å². The lowest BCUT2D eigenvalue weighted by Crippen LogP contribution is -2.40. The molecule has 49 heavy (non-hydrogen) atoms. The van der Waals surface area contributed by atoms with Crippen molar-refractivity contribution in [1.82, 2.24) is 20.4 Å². The van der Waals surface area contributed by atoms with Crippen LogP contribution in [0.2, 0.25) is 0 Å². The highest BCUT2D eigenvalue weighted by atomic mass is 16.2. The fraction of sp³-hybridized carbons (Fsp3) is 0.659. The molecule has 0 aliphatic rings. The Morgan fingerprint density at radius 3 is 1.04 bits per heavy atom. The van der Waals surface area contributed by atoms with Crippen molar-refractivity contribution in [3.8, 4) is 0 Å². The van der Waals surface area contributed by atoms with Gasteiger partial charge in [-0.05, 0) is 93.7 Å². The minimum atomic E-state index is -0.168. The number of carbonyl (C=O) groups excluding carboxylic acids is 2. The van der Waals surface area contributed by atoms with Crippen LogP contribution >= 0.6 is 0 Å². The van der Waals surface area contributed by atoms with Crippen LogP contribution in [0.25, 0.3) is 0 Å². The number of anilines is 2. The summed E-state index contributed by atoms with van der Waals surface area (Å²) in [5.41, 5.74) is 3.88. The molecule has 0 aliphatic carbocycles. The van der Waals surface area contributed by atoms with Gasteiger partial charge in [0.2, 0.25) is 0 Å². The van der Waals surface area contributed by atoms with Crippen molar-refractivity contribution in [1.29, 1.82) is 0 Å². The molecule has 0 saturated carbocycles.